The fourth-order valence-electron chi connectivity index (χ4n) is 1.88. The van der Waals surface area contributed by atoms with Crippen molar-refractivity contribution in [2.45, 2.75) is 46.1 Å². The molecule has 0 radical (unpaired) electrons. The fraction of sp³-hybridized carbons (Fsp3) is 0.800. The number of nitrogens with zero attached hydrogens (tertiary/aromatic N) is 1. The van der Waals surface area contributed by atoms with Crippen LogP contribution in [0.5, 0.6) is 0 Å². The molecule has 0 aliphatic heterocycles. The molecule has 1 N–H and O–H groups in total. The van der Waals surface area contributed by atoms with Gasteiger partial charge in [-0.3, -0.25) is 4.79 Å². The second-order valence-electron chi connectivity index (χ2n) is 3.31. The third-order valence-corrected chi connectivity index (χ3v) is 2.78. The van der Waals surface area contributed by atoms with Crippen LogP contribution in [0.3, 0.4) is 0 Å². The van der Waals surface area contributed by atoms with E-state index in [1.54, 1.807) is 20.8 Å². The summed E-state index contributed by atoms with van der Waals surface area (Å²) in [6.07, 6.45) is 0.874. The van der Waals surface area contributed by atoms with Gasteiger partial charge in [-0.1, -0.05) is 13.8 Å². The minimum atomic E-state index is -1.03. The van der Waals surface area contributed by atoms with Crippen molar-refractivity contribution >= 4 is 11.9 Å². The summed E-state index contributed by atoms with van der Waals surface area (Å²) in [5, 5.41) is 9.18. The van der Waals surface area contributed by atoms with Gasteiger partial charge in [0.1, 0.15) is 5.54 Å². The van der Waals surface area contributed by atoms with Gasteiger partial charge in [0.15, 0.2) is 0 Å². The van der Waals surface area contributed by atoms with Crippen LogP contribution in [0.1, 0.15) is 40.5 Å². The number of likely N-dealkylation sites (N-methyl/N-ethyl adjacent to an activating group) is 1. The number of carbonyl (C=O) groups excluding carboxylic acids is 1. The van der Waals surface area contributed by atoms with Crippen molar-refractivity contribution in [2.24, 2.45) is 0 Å². The molecule has 0 atom stereocenters. The van der Waals surface area contributed by atoms with Crippen LogP contribution in [-0.2, 0) is 9.59 Å². The lowest BCUT2D eigenvalue weighted by Crippen LogP contribution is -2.55. The first-order valence-electron chi connectivity index (χ1n) is 4.97. The molecule has 4 nitrogen and oxygen atoms in total. The van der Waals surface area contributed by atoms with Crippen molar-refractivity contribution in [1.82, 2.24) is 4.90 Å². The van der Waals surface area contributed by atoms with Gasteiger partial charge in [0.05, 0.1) is 0 Å². The maximum atomic E-state index is 11.3. The Balaban J connectivity index is 5.13. The van der Waals surface area contributed by atoms with Gasteiger partial charge in [0.25, 0.3) is 0 Å². The molecule has 1 amide bonds. The number of aliphatic carboxylic acids is 1. The quantitative estimate of drug-likeness (QED) is 0.733. The van der Waals surface area contributed by atoms with Crippen molar-refractivity contribution in [2.75, 3.05) is 6.54 Å². The van der Waals surface area contributed by atoms with E-state index in [9.17, 15) is 14.7 Å². The van der Waals surface area contributed by atoms with E-state index in [1.165, 1.54) is 11.8 Å². The maximum Gasteiger partial charge on any atom is 0.329 e. The second-order valence-corrected chi connectivity index (χ2v) is 3.31. The molecule has 0 aromatic rings. The summed E-state index contributed by atoms with van der Waals surface area (Å²) in [7, 11) is 0. The predicted octanol–water partition coefficient (Wildman–Crippen LogP) is 1.50. The van der Waals surface area contributed by atoms with E-state index >= 15 is 0 Å². The summed E-state index contributed by atoms with van der Waals surface area (Å²) >= 11 is 0. The van der Waals surface area contributed by atoms with Crippen LogP contribution in [0.4, 0.5) is 0 Å². The van der Waals surface area contributed by atoms with Crippen molar-refractivity contribution in [3.8, 4) is 0 Å². The molecular weight excluding hydrogens is 182 g/mol. The molecule has 0 aliphatic rings. The number of amides is 1. The Bertz CT molecular complexity index is 221. The SMILES string of the molecule is CCN(C(C)=O)C(CC)(CC)C(=O)O. The van der Waals surface area contributed by atoms with Crippen LogP contribution >= 0.6 is 0 Å². The van der Waals surface area contributed by atoms with E-state index in [4.69, 9.17) is 0 Å². The predicted molar refractivity (Wildman–Crippen MR) is 54.0 cm³/mol. The number of hydrogen-bond donors (Lipinski definition) is 1. The number of hydrogen-bond acceptors (Lipinski definition) is 2. The van der Waals surface area contributed by atoms with Crippen LogP contribution in [-0.4, -0.2) is 34.0 Å². The van der Waals surface area contributed by atoms with E-state index in [2.05, 4.69) is 0 Å². The van der Waals surface area contributed by atoms with E-state index in [0.29, 0.717) is 19.4 Å². The molecule has 14 heavy (non-hydrogen) atoms. The lowest BCUT2D eigenvalue weighted by molar-refractivity contribution is -0.159. The topological polar surface area (TPSA) is 57.6 Å². The lowest BCUT2D eigenvalue weighted by atomic mass is 9.90. The van der Waals surface area contributed by atoms with E-state index < -0.39 is 11.5 Å². The van der Waals surface area contributed by atoms with Gasteiger partial charge in [-0.2, -0.15) is 0 Å². The van der Waals surface area contributed by atoms with Crippen LogP contribution in [0.2, 0.25) is 0 Å². The Hall–Kier alpha value is -1.06. The molecule has 0 bridgehead atoms. The standard InChI is InChI=1S/C10H19NO3/c1-5-10(6-2,9(13)14)11(7-3)8(4)12/h5-7H2,1-4H3,(H,13,14). The Morgan fingerprint density at radius 2 is 1.64 bits per heavy atom. The maximum absolute atomic E-state index is 11.3. The average Bonchev–Trinajstić information content (AvgIpc) is 2.12. The molecule has 0 rings (SSSR count). The molecule has 0 fully saturated rings. The Labute approximate surface area is 84.9 Å². The lowest BCUT2D eigenvalue weighted by Gasteiger charge is -2.38. The van der Waals surface area contributed by atoms with E-state index in [1.807, 2.05) is 0 Å². The Morgan fingerprint density at radius 3 is 1.71 bits per heavy atom. The minimum absolute atomic E-state index is 0.182. The normalized spacial score (nSPS) is 11.1. The van der Waals surface area contributed by atoms with Gasteiger partial charge >= 0.3 is 5.97 Å². The van der Waals surface area contributed by atoms with E-state index in [0.717, 1.165) is 0 Å². The molecular formula is C10H19NO3. The first-order chi connectivity index (χ1) is 6.46. The summed E-state index contributed by atoms with van der Waals surface area (Å²) in [6, 6.07) is 0. The number of rotatable bonds is 5. The summed E-state index contributed by atoms with van der Waals surface area (Å²) in [4.78, 5) is 23.9. The monoisotopic (exact) mass is 201 g/mol. The molecule has 0 aromatic carbocycles. The Kier molecular flexibility index (Phi) is 4.60. The van der Waals surface area contributed by atoms with Crippen LogP contribution in [0.25, 0.3) is 0 Å². The van der Waals surface area contributed by atoms with Gasteiger partial charge in [-0.25, -0.2) is 4.79 Å². The van der Waals surface area contributed by atoms with Gasteiger partial charge < -0.3 is 10.0 Å². The minimum Gasteiger partial charge on any atom is -0.479 e. The highest BCUT2D eigenvalue weighted by atomic mass is 16.4. The van der Waals surface area contributed by atoms with Crippen molar-refractivity contribution in [3.05, 3.63) is 0 Å². The van der Waals surface area contributed by atoms with Gasteiger partial charge in [-0.15, -0.1) is 0 Å². The highest BCUT2D eigenvalue weighted by molar-refractivity contribution is 5.86. The molecule has 0 saturated carbocycles. The highest BCUT2D eigenvalue weighted by Crippen LogP contribution is 2.24. The van der Waals surface area contributed by atoms with Gasteiger partial charge in [0, 0.05) is 13.5 Å². The summed E-state index contributed by atoms with van der Waals surface area (Å²) < 4.78 is 0. The smallest absolute Gasteiger partial charge is 0.329 e. The van der Waals surface area contributed by atoms with Crippen molar-refractivity contribution < 1.29 is 14.7 Å². The zero-order chi connectivity index (χ0) is 11.4. The average molecular weight is 201 g/mol. The second kappa shape index (κ2) is 4.98. The van der Waals surface area contributed by atoms with Crippen molar-refractivity contribution in [3.63, 3.8) is 0 Å². The molecule has 0 unspecified atom stereocenters. The summed E-state index contributed by atoms with van der Waals surface area (Å²) in [6.45, 7) is 7.23. The molecule has 0 aliphatic carbocycles. The molecule has 0 spiro atoms. The van der Waals surface area contributed by atoms with Gasteiger partial charge in [-0.05, 0) is 19.8 Å². The first-order valence-corrected chi connectivity index (χ1v) is 4.97. The summed E-state index contributed by atoms with van der Waals surface area (Å²) in [5.74, 6) is -1.10. The zero-order valence-corrected chi connectivity index (χ0v) is 9.33. The van der Waals surface area contributed by atoms with E-state index in [-0.39, 0.29) is 5.91 Å². The molecule has 82 valence electrons. The fourth-order valence-corrected chi connectivity index (χ4v) is 1.88. The number of carbonyl (C=O) groups is 2. The first kappa shape index (κ1) is 12.9. The number of carboxylic acid groups (broad SMARTS) is 1. The Morgan fingerprint density at radius 1 is 1.21 bits per heavy atom. The van der Waals surface area contributed by atoms with Crippen molar-refractivity contribution in [1.29, 1.82) is 0 Å². The van der Waals surface area contributed by atoms with Crippen LogP contribution < -0.4 is 0 Å². The zero-order valence-electron chi connectivity index (χ0n) is 9.33. The molecule has 0 saturated heterocycles. The third kappa shape index (κ3) is 2.05. The largest absolute Gasteiger partial charge is 0.479 e. The number of carboxylic acids is 1. The molecule has 0 heterocycles. The van der Waals surface area contributed by atoms with Gasteiger partial charge in [0.2, 0.25) is 5.91 Å². The molecule has 0 aromatic heterocycles. The summed E-state index contributed by atoms with van der Waals surface area (Å²) in [5.41, 5.74) is -1.03. The highest BCUT2D eigenvalue weighted by Gasteiger charge is 2.41. The third-order valence-electron chi connectivity index (χ3n) is 2.78. The molecule has 4 heteroatoms. The van der Waals surface area contributed by atoms with Crippen LogP contribution in [0.15, 0.2) is 0 Å². The van der Waals surface area contributed by atoms with Crippen LogP contribution in [0, 0.1) is 0 Å².